The lowest BCUT2D eigenvalue weighted by atomic mass is 10.2. The number of aliphatic hydroxyl groups is 1. The van der Waals surface area contributed by atoms with Crippen LogP contribution in [0, 0.1) is 10.8 Å². The van der Waals surface area contributed by atoms with E-state index >= 15 is 0 Å². The summed E-state index contributed by atoms with van der Waals surface area (Å²) in [5, 5.41) is 23.0. The van der Waals surface area contributed by atoms with Crippen LogP contribution in [0.5, 0.6) is 0 Å². The van der Waals surface area contributed by atoms with Crippen LogP contribution in [0.15, 0.2) is 0 Å². The van der Waals surface area contributed by atoms with Crippen molar-refractivity contribution in [2.24, 2.45) is 0 Å². The molecule has 0 radical (unpaired) electrons. The van der Waals surface area contributed by atoms with E-state index in [1.165, 1.54) is 14.2 Å². The highest BCUT2D eigenvalue weighted by molar-refractivity contribution is 5.85. The van der Waals surface area contributed by atoms with Crippen molar-refractivity contribution < 1.29 is 14.6 Å². The highest BCUT2D eigenvalue weighted by Gasteiger charge is 2.13. The monoisotopic (exact) mass is 232 g/mol. The molecule has 13 heavy (non-hydrogen) atoms. The topological polar surface area (TPSA) is 86.4 Å². The number of halogens is 2. The van der Waals surface area contributed by atoms with Crippen LogP contribution in [-0.4, -0.2) is 37.2 Å². The summed E-state index contributed by atoms with van der Waals surface area (Å²) in [4.78, 5) is 0. The lowest BCUT2D eigenvalue weighted by Gasteiger charge is -2.09. The molecule has 0 aliphatic heterocycles. The molecule has 0 amide bonds. The second kappa shape index (κ2) is 9.57. The molecule has 5 nitrogen and oxygen atoms in total. The van der Waals surface area contributed by atoms with E-state index in [2.05, 4.69) is 9.47 Å². The van der Waals surface area contributed by atoms with Gasteiger partial charge in [-0.05, 0) is 0 Å². The first-order valence-electron chi connectivity index (χ1n) is 3.03. The van der Waals surface area contributed by atoms with Gasteiger partial charge < -0.3 is 14.6 Å². The summed E-state index contributed by atoms with van der Waals surface area (Å²) in [7, 11) is 2.63. The molecule has 0 spiro atoms. The van der Waals surface area contributed by atoms with Crippen molar-refractivity contribution in [1.82, 2.24) is 0 Å². The number of ether oxygens (including phenoxy) is 2. The molecule has 0 aromatic carbocycles. The van der Waals surface area contributed by atoms with E-state index in [0.29, 0.717) is 0 Å². The van der Waals surface area contributed by atoms with Crippen LogP contribution in [0.4, 0.5) is 0 Å². The largest absolute Gasteiger partial charge is 0.484 e. The van der Waals surface area contributed by atoms with E-state index in [-0.39, 0.29) is 43.0 Å². The van der Waals surface area contributed by atoms with Gasteiger partial charge in [-0.3, -0.25) is 10.8 Å². The molecule has 0 fully saturated rings. The summed E-state index contributed by atoms with van der Waals surface area (Å²) in [5.74, 6) is -0.328. The van der Waals surface area contributed by atoms with Crippen LogP contribution >= 0.6 is 24.8 Å². The van der Waals surface area contributed by atoms with Gasteiger partial charge in [0, 0.05) is 0 Å². The minimum atomic E-state index is -1.08. The molecular weight excluding hydrogens is 219 g/mol. The van der Waals surface area contributed by atoms with Gasteiger partial charge in [0.2, 0.25) is 5.90 Å². The Morgan fingerprint density at radius 1 is 1.23 bits per heavy atom. The van der Waals surface area contributed by atoms with Gasteiger partial charge in [0.1, 0.15) is 6.10 Å². The van der Waals surface area contributed by atoms with E-state index in [4.69, 9.17) is 15.9 Å². The summed E-state index contributed by atoms with van der Waals surface area (Å²) in [6, 6.07) is 0. The van der Waals surface area contributed by atoms with Crippen molar-refractivity contribution in [1.29, 1.82) is 10.8 Å². The maximum Gasteiger partial charge on any atom is 0.210 e. The summed E-state index contributed by atoms with van der Waals surface area (Å²) in [6.07, 6.45) is -1.10. The fourth-order valence-corrected chi connectivity index (χ4v) is 0.488. The third-order valence-corrected chi connectivity index (χ3v) is 1.15. The molecule has 1 atom stereocenters. The Morgan fingerprint density at radius 2 is 1.69 bits per heavy atom. The van der Waals surface area contributed by atoms with Crippen molar-refractivity contribution >= 4 is 36.6 Å². The number of rotatable bonds is 3. The van der Waals surface area contributed by atoms with Crippen LogP contribution in [0.2, 0.25) is 0 Å². The quantitative estimate of drug-likeness (QED) is 0.498. The Balaban J connectivity index is -0.000000500. The van der Waals surface area contributed by atoms with E-state index < -0.39 is 6.10 Å². The van der Waals surface area contributed by atoms with Crippen LogP contribution in [0.1, 0.15) is 6.42 Å². The van der Waals surface area contributed by atoms with Crippen molar-refractivity contribution in [3.8, 4) is 0 Å². The Kier molecular flexibility index (Phi) is 13.5. The standard InChI is InChI=1S/C6H12N2O3.2ClH/c1-10-5(7)3-4(9)6(8)11-2;;/h4,7-9H,3H2,1-2H3;2*1H. The zero-order valence-electron chi connectivity index (χ0n) is 7.36. The van der Waals surface area contributed by atoms with Gasteiger partial charge >= 0.3 is 0 Å². The van der Waals surface area contributed by atoms with E-state index in [0.717, 1.165) is 0 Å². The fourth-order valence-electron chi connectivity index (χ4n) is 0.488. The van der Waals surface area contributed by atoms with Crippen molar-refractivity contribution in [3.05, 3.63) is 0 Å². The van der Waals surface area contributed by atoms with Gasteiger partial charge in [-0.2, -0.15) is 0 Å². The highest BCUT2D eigenvalue weighted by Crippen LogP contribution is 1.96. The summed E-state index contributed by atoms with van der Waals surface area (Å²) in [5.41, 5.74) is 0. The molecule has 1 unspecified atom stereocenters. The summed E-state index contributed by atoms with van der Waals surface area (Å²) >= 11 is 0. The van der Waals surface area contributed by atoms with Crippen LogP contribution in [0.3, 0.4) is 0 Å². The average molecular weight is 233 g/mol. The molecule has 0 aliphatic carbocycles. The third-order valence-electron chi connectivity index (χ3n) is 1.15. The average Bonchev–Trinajstić information content (AvgIpc) is 2.02. The first-order valence-corrected chi connectivity index (χ1v) is 3.03. The Labute approximate surface area is 89.3 Å². The minimum Gasteiger partial charge on any atom is -0.484 e. The summed E-state index contributed by atoms with van der Waals surface area (Å²) < 4.78 is 8.93. The zero-order valence-corrected chi connectivity index (χ0v) is 9.00. The maximum absolute atomic E-state index is 9.05. The lowest BCUT2D eigenvalue weighted by Crippen LogP contribution is -2.24. The van der Waals surface area contributed by atoms with Gasteiger partial charge in [-0.25, -0.2) is 0 Å². The SMILES string of the molecule is COC(=N)CC(O)C(=N)OC.Cl.Cl. The molecule has 0 saturated carbocycles. The molecule has 0 saturated heterocycles. The molecule has 0 rings (SSSR count). The Hall–Kier alpha value is -0.520. The van der Waals surface area contributed by atoms with Gasteiger partial charge in [0.25, 0.3) is 0 Å². The second-order valence-electron chi connectivity index (χ2n) is 1.92. The van der Waals surface area contributed by atoms with Crippen molar-refractivity contribution in [3.63, 3.8) is 0 Å². The molecule has 0 bridgehead atoms. The van der Waals surface area contributed by atoms with Crippen molar-refractivity contribution in [2.75, 3.05) is 14.2 Å². The van der Waals surface area contributed by atoms with E-state index in [1.807, 2.05) is 0 Å². The number of aliphatic hydroxyl groups excluding tert-OH is 1. The highest BCUT2D eigenvalue weighted by atomic mass is 35.5. The molecular formula is C6H14Cl2N2O3. The van der Waals surface area contributed by atoms with Crippen molar-refractivity contribution in [2.45, 2.75) is 12.5 Å². The number of nitrogens with one attached hydrogen (secondary N) is 2. The smallest absolute Gasteiger partial charge is 0.210 e. The van der Waals surface area contributed by atoms with E-state index in [9.17, 15) is 0 Å². The predicted molar refractivity (Wildman–Crippen MR) is 54.6 cm³/mol. The first kappa shape index (κ1) is 18.3. The van der Waals surface area contributed by atoms with Crippen LogP contribution < -0.4 is 0 Å². The number of methoxy groups -OCH3 is 2. The van der Waals surface area contributed by atoms with Gasteiger partial charge in [-0.1, -0.05) is 0 Å². The van der Waals surface area contributed by atoms with Gasteiger partial charge in [0.05, 0.1) is 20.6 Å². The number of hydrogen-bond donors (Lipinski definition) is 3. The molecule has 3 N–H and O–H groups in total. The molecule has 0 aliphatic rings. The number of hydrogen-bond acceptors (Lipinski definition) is 5. The zero-order chi connectivity index (χ0) is 8.85. The summed E-state index contributed by atoms with van der Waals surface area (Å²) in [6.45, 7) is 0. The Morgan fingerprint density at radius 3 is 2.00 bits per heavy atom. The second-order valence-corrected chi connectivity index (χ2v) is 1.92. The fraction of sp³-hybridized carbons (Fsp3) is 0.667. The molecule has 80 valence electrons. The molecule has 0 heterocycles. The predicted octanol–water partition coefficient (Wildman–Crippen LogP) is 0.828. The molecule has 0 aromatic rings. The lowest BCUT2D eigenvalue weighted by molar-refractivity contribution is 0.199. The Bertz CT molecular complexity index is 166. The van der Waals surface area contributed by atoms with Crippen LogP contribution in [0.25, 0.3) is 0 Å². The van der Waals surface area contributed by atoms with Gasteiger partial charge in [0.15, 0.2) is 5.90 Å². The van der Waals surface area contributed by atoms with Gasteiger partial charge in [-0.15, -0.1) is 24.8 Å². The normalized spacial score (nSPS) is 10.1. The van der Waals surface area contributed by atoms with Crippen LogP contribution in [-0.2, 0) is 9.47 Å². The minimum absolute atomic E-state index is 0. The molecule has 0 aromatic heterocycles. The first-order chi connectivity index (χ1) is 5.11. The van der Waals surface area contributed by atoms with E-state index in [1.54, 1.807) is 0 Å². The third kappa shape index (κ3) is 7.83. The molecule has 7 heteroatoms. The maximum atomic E-state index is 9.05.